The van der Waals surface area contributed by atoms with Crippen LogP contribution in [0.2, 0.25) is 0 Å². The average Bonchev–Trinajstić information content (AvgIpc) is 2.75. The molecule has 4 heteroatoms. The highest BCUT2D eigenvalue weighted by atomic mass is 16.7. The van der Waals surface area contributed by atoms with Crippen molar-refractivity contribution in [3.8, 4) is 0 Å². The number of carbonyl (C=O) groups is 1. The van der Waals surface area contributed by atoms with Gasteiger partial charge in [-0.25, -0.2) is 0 Å². The van der Waals surface area contributed by atoms with E-state index >= 15 is 0 Å². The predicted octanol–water partition coefficient (Wildman–Crippen LogP) is 1.31. The summed E-state index contributed by atoms with van der Waals surface area (Å²) in [5.41, 5.74) is 0.392. The van der Waals surface area contributed by atoms with Crippen LogP contribution in [-0.4, -0.2) is 29.9 Å². The lowest BCUT2D eigenvalue weighted by molar-refractivity contribution is -0.191. The number of allylic oxidation sites excluding steroid dienone is 1. The van der Waals surface area contributed by atoms with Crippen LogP contribution in [0.5, 0.6) is 0 Å². The normalized spacial score (nSPS) is 40.5. The number of Topliss-reactive ketones (excluding diaryl/α,β-unsaturated/α-hetero) is 1. The molecule has 3 fully saturated rings. The van der Waals surface area contributed by atoms with Gasteiger partial charge in [-0.1, -0.05) is 0 Å². The van der Waals surface area contributed by atoms with Crippen molar-refractivity contribution in [2.45, 2.75) is 31.5 Å². The Labute approximate surface area is 87.9 Å². The number of aliphatic hydroxyl groups is 1. The molecular formula is C11H14O4. The number of ether oxygens (including phenoxy) is 2. The Morgan fingerprint density at radius 3 is 2.67 bits per heavy atom. The van der Waals surface area contributed by atoms with E-state index in [1.54, 1.807) is 0 Å². The van der Waals surface area contributed by atoms with Gasteiger partial charge < -0.3 is 14.6 Å². The van der Waals surface area contributed by atoms with Gasteiger partial charge in [-0.05, 0) is 12.0 Å². The summed E-state index contributed by atoms with van der Waals surface area (Å²) in [4.78, 5) is 11.8. The monoisotopic (exact) mass is 210 g/mol. The van der Waals surface area contributed by atoms with Crippen molar-refractivity contribution in [2.75, 3.05) is 13.2 Å². The molecule has 0 aromatic heterocycles. The minimum absolute atomic E-state index is 0.229. The number of carbonyl (C=O) groups excluding carboxylic acids is 1. The Hall–Kier alpha value is -0.870. The Morgan fingerprint density at radius 1 is 1.33 bits per heavy atom. The molecule has 1 saturated heterocycles. The standard InChI is InChI=1S/C11H14O4/c12-6-8-5-10(8)7-11(2-1-9(10)13)14-3-4-15-11/h6,12H,1-5,7H2. The van der Waals surface area contributed by atoms with Crippen molar-refractivity contribution in [3.05, 3.63) is 11.8 Å². The summed E-state index contributed by atoms with van der Waals surface area (Å²) in [5, 5.41) is 8.98. The van der Waals surface area contributed by atoms with Crippen molar-refractivity contribution in [1.82, 2.24) is 0 Å². The molecule has 1 N–H and O–H groups in total. The highest BCUT2D eigenvalue weighted by Crippen LogP contribution is 2.62. The summed E-state index contributed by atoms with van der Waals surface area (Å²) < 4.78 is 11.2. The second kappa shape index (κ2) is 2.83. The zero-order chi connectivity index (χ0) is 10.5. The minimum Gasteiger partial charge on any atom is -0.516 e. The van der Waals surface area contributed by atoms with Crippen molar-refractivity contribution < 1.29 is 19.4 Å². The molecule has 2 saturated carbocycles. The lowest BCUT2D eigenvalue weighted by atomic mass is 9.80. The van der Waals surface area contributed by atoms with E-state index < -0.39 is 11.2 Å². The Morgan fingerprint density at radius 2 is 2.07 bits per heavy atom. The molecule has 0 aromatic rings. The summed E-state index contributed by atoms with van der Waals surface area (Å²) in [6.45, 7) is 1.23. The van der Waals surface area contributed by atoms with E-state index in [2.05, 4.69) is 0 Å². The van der Waals surface area contributed by atoms with Gasteiger partial charge in [0.05, 0.1) is 24.9 Å². The van der Waals surface area contributed by atoms with E-state index in [-0.39, 0.29) is 5.78 Å². The van der Waals surface area contributed by atoms with Gasteiger partial charge in [-0.2, -0.15) is 0 Å². The van der Waals surface area contributed by atoms with Crippen LogP contribution in [0.25, 0.3) is 0 Å². The van der Waals surface area contributed by atoms with Gasteiger partial charge >= 0.3 is 0 Å². The second-order valence-electron chi connectivity index (χ2n) is 4.62. The maximum absolute atomic E-state index is 11.8. The largest absolute Gasteiger partial charge is 0.516 e. The van der Waals surface area contributed by atoms with E-state index in [1.165, 1.54) is 0 Å². The van der Waals surface area contributed by atoms with Crippen LogP contribution >= 0.6 is 0 Å². The van der Waals surface area contributed by atoms with Gasteiger partial charge in [0.2, 0.25) is 0 Å². The molecule has 3 rings (SSSR count). The van der Waals surface area contributed by atoms with Gasteiger partial charge in [0.15, 0.2) is 5.79 Å². The molecule has 2 spiro atoms. The van der Waals surface area contributed by atoms with Crippen molar-refractivity contribution in [2.24, 2.45) is 5.41 Å². The van der Waals surface area contributed by atoms with Crippen molar-refractivity contribution >= 4 is 5.78 Å². The predicted molar refractivity (Wildman–Crippen MR) is 51.3 cm³/mol. The topological polar surface area (TPSA) is 55.8 Å². The van der Waals surface area contributed by atoms with E-state index in [0.717, 1.165) is 11.8 Å². The van der Waals surface area contributed by atoms with E-state index in [4.69, 9.17) is 14.6 Å². The molecule has 1 aliphatic heterocycles. The Balaban J connectivity index is 1.87. The van der Waals surface area contributed by atoms with Gasteiger partial charge in [0, 0.05) is 19.3 Å². The summed E-state index contributed by atoms with van der Waals surface area (Å²) in [6.07, 6.45) is 3.50. The molecule has 1 atom stereocenters. The number of ketones is 1. The summed E-state index contributed by atoms with van der Waals surface area (Å²) >= 11 is 0. The van der Waals surface area contributed by atoms with Crippen molar-refractivity contribution in [1.29, 1.82) is 0 Å². The van der Waals surface area contributed by atoms with Gasteiger partial charge in [0.1, 0.15) is 5.78 Å². The van der Waals surface area contributed by atoms with Gasteiger partial charge in [0.25, 0.3) is 0 Å². The molecule has 82 valence electrons. The maximum atomic E-state index is 11.8. The van der Waals surface area contributed by atoms with Crippen molar-refractivity contribution in [3.63, 3.8) is 0 Å². The van der Waals surface area contributed by atoms with E-state index in [0.29, 0.717) is 38.9 Å². The smallest absolute Gasteiger partial charge is 0.170 e. The molecule has 1 heterocycles. The van der Waals surface area contributed by atoms with Crippen LogP contribution < -0.4 is 0 Å². The zero-order valence-electron chi connectivity index (χ0n) is 8.49. The number of aliphatic hydroxyl groups excluding tert-OH is 1. The SMILES string of the molecule is O=C1CCC2(CC13CC3=CO)OCCO2. The van der Waals surface area contributed by atoms with Gasteiger partial charge in [-0.15, -0.1) is 0 Å². The number of hydrogen-bond donors (Lipinski definition) is 1. The highest BCUT2D eigenvalue weighted by Gasteiger charge is 2.62. The van der Waals surface area contributed by atoms with Crippen LogP contribution in [0.3, 0.4) is 0 Å². The van der Waals surface area contributed by atoms with Crippen LogP contribution in [-0.2, 0) is 14.3 Å². The first-order valence-electron chi connectivity index (χ1n) is 5.36. The first-order chi connectivity index (χ1) is 7.21. The molecular weight excluding hydrogens is 196 g/mol. The van der Waals surface area contributed by atoms with Crippen LogP contribution in [0.15, 0.2) is 11.8 Å². The fraction of sp³-hybridized carbons (Fsp3) is 0.727. The molecule has 0 aromatic carbocycles. The Bertz CT molecular complexity index is 340. The fourth-order valence-electron chi connectivity index (χ4n) is 2.84. The van der Waals surface area contributed by atoms with E-state index in [1.807, 2.05) is 0 Å². The maximum Gasteiger partial charge on any atom is 0.170 e. The summed E-state index contributed by atoms with van der Waals surface area (Å²) in [6, 6.07) is 0. The number of hydrogen-bond acceptors (Lipinski definition) is 4. The Kier molecular flexibility index (Phi) is 1.77. The zero-order valence-corrected chi connectivity index (χ0v) is 8.49. The third kappa shape index (κ3) is 1.18. The third-order valence-electron chi connectivity index (χ3n) is 3.79. The van der Waals surface area contributed by atoms with E-state index in [9.17, 15) is 4.79 Å². The molecule has 2 aliphatic carbocycles. The molecule has 3 aliphatic rings. The molecule has 0 bridgehead atoms. The molecule has 15 heavy (non-hydrogen) atoms. The third-order valence-corrected chi connectivity index (χ3v) is 3.79. The first kappa shape index (κ1) is 9.36. The molecule has 1 unspecified atom stereocenters. The van der Waals surface area contributed by atoms with Crippen LogP contribution in [0.4, 0.5) is 0 Å². The average molecular weight is 210 g/mol. The molecule has 0 amide bonds. The number of rotatable bonds is 0. The quantitative estimate of drug-likeness (QED) is 0.612. The highest BCUT2D eigenvalue weighted by molar-refractivity contribution is 5.93. The lowest BCUT2D eigenvalue weighted by Gasteiger charge is -2.35. The first-order valence-corrected chi connectivity index (χ1v) is 5.36. The lowest BCUT2D eigenvalue weighted by Crippen LogP contribution is -2.41. The summed E-state index contributed by atoms with van der Waals surface area (Å²) in [7, 11) is 0. The molecule has 0 radical (unpaired) electrons. The van der Waals surface area contributed by atoms with Gasteiger partial charge in [-0.3, -0.25) is 4.79 Å². The summed E-state index contributed by atoms with van der Waals surface area (Å²) in [5.74, 6) is -0.314. The second-order valence-corrected chi connectivity index (χ2v) is 4.62. The minimum atomic E-state index is -0.543. The fourth-order valence-corrected chi connectivity index (χ4v) is 2.84. The van der Waals surface area contributed by atoms with Crippen LogP contribution in [0, 0.1) is 5.41 Å². The molecule has 4 nitrogen and oxygen atoms in total. The van der Waals surface area contributed by atoms with Crippen LogP contribution in [0.1, 0.15) is 25.7 Å².